The van der Waals surface area contributed by atoms with Crippen LogP contribution in [0.3, 0.4) is 0 Å². The third-order valence-electron chi connectivity index (χ3n) is 3.47. The highest BCUT2D eigenvalue weighted by atomic mass is 32.2. The van der Waals surface area contributed by atoms with E-state index in [4.69, 9.17) is 0 Å². The number of nitrogens with zero attached hydrogens (tertiary/aromatic N) is 1. The van der Waals surface area contributed by atoms with E-state index in [0.717, 1.165) is 37.1 Å². The van der Waals surface area contributed by atoms with Gasteiger partial charge >= 0.3 is 5.97 Å². The lowest BCUT2D eigenvalue weighted by Crippen LogP contribution is -2.41. The number of hydrogen-bond acceptors (Lipinski definition) is 6. The molecular formula is C15H21N3O7S. The molecule has 1 rings (SSSR count). The summed E-state index contributed by atoms with van der Waals surface area (Å²) in [6.45, 7) is 2.43. The van der Waals surface area contributed by atoms with E-state index >= 15 is 0 Å². The van der Waals surface area contributed by atoms with Crippen molar-refractivity contribution in [2.45, 2.75) is 43.5 Å². The van der Waals surface area contributed by atoms with Crippen LogP contribution in [-0.4, -0.2) is 42.9 Å². The standard InChI is InChI=1S/C15H21N3O7S/c1-2-3-10-16-14(19)9-8-13(15(20)21)17-26(24,25)12-6-4-11(5-7-12)18(22)23/h4-7,13,17H,2-3,8-10H2,1H3,(H,16,19)(H,20,21)/t13-/m1/s1. The van der Waals surface area contributed by atoms with Crippen LogP contribution in [0.2, 0.25) is 0 Å². The zero-order chi connectivity index (χ0) is 19.7. The van der Waals surface area contributed by atoms with Crippen LogP contribution < -0.4 is 10.0 Å². The summed E-state index contributed by atoms with van der Waals surface area (Å²) in [6.07, 6.45) is 1.32. The van der Waals surface area contributed by atoms with Crippen LogP contribution in [0.25, 0.3) is 0 Å². The zero-order valence-corrected chi connectivity index (χ0v) is 15.0. The number of carboxylic acids is 1. The van der Waals surface area contributed by atoms with Gasteiger partial charge in [-0.2, -0.15) is 4.72 Å². The smallest absolute Gasteiger partial charge is 0.321 e. The van der Waals surface area contributed by atoms with Crippen molar-refractivity contribution < 1.29 is 28.0 Å². The first-order valence-electron chi connectivity index (χ1n) is 7.93. The van der Waals surface area contributed by atoms with Gasteiger partial charge in [-0.05, 0) is 25.0 Å². The van der Waals surface area contributed by atoms with Gasteiger partial charge in [-0.1, -0.05) is 13.3 Å². The first-order chi connectivity index (χ1) is 12.2. The predicted octanol–water partition coefficient (Wildman–Crippen LogP) is 1.02. The van der Waals surface area contributed by atoms with Gasteiger partial charge in [0.2, 0.25) is 15.9 Å². The Morgan fingerprint density at radius 1 is 1.27 bits per heavy atom. The molecule has 26 heavy (non-hydrogen) atoms. The van der Waals surface area contributed by atoms with Crippen LogP contribution in [0, 0.1) is 10.1 Å². The van der Waals surface area contributed by atoms with Crippen molar-refractivity contribution >= 4 is 27.6 Å². The van der Waals surface area contributed by atoms with Crippen molar-refractivity contribution in [3.8, 4) is 0 Å². The van der Waals surface area contributed by atoms with E-state index in [9.17, 15) is 33.2 Å². The van der Waals surface area contributed by atoms with Gasteiger partial charge in [-0.3, -0.25) is 19.7 Å². The second kappa shape index (κ2) is 9.82. The maximum absolute atomic E-state index is 12.2. The summed E-state index contributed by atoms with van der Waals surface area (Å²) in [5.74, 6) is -1.78. The molecule has 0 unspecified atom stereocenters. The van der Waals surface area contributed by atoms with Crippen molar-refractivity contribution in [2.24, 2.45) is 0 Å². The van der Waals surface area contributed by atoms with Gasteiger partial charge in [0.15, 0.2) is 0 Å². The number of nitro benzene ring substituents is 1. The van der Waals surface area contributed by atoms with Gasteiger partial charge in [0.1, 0.15) is 6.04 Å². The normalized spacial score (nSPS) is 12.3. The summed E-state index contributed by atoms with van der Waals surface area (Å²) in [7, 11) is -4.20. The van der Waals surface area contributed by atoms with Crippen LogP contribution in [0.4, 0.5) is 5.69 Å². The van der Waals surface area contributed by atoms with Gasteiger partial charge in [0, 0.05) is 25.1 Å². The highest BCUT2D eigenvalue weighted by molar-refractivity contribution is 7.89. The maximum atomic E-state index is 12.2. The molecule has 0 aliphatic heterocycles. The molecule has 1 aromatic rings. The minimum absolute atomic E-state index is 0.149. The second-order valence-corrected chi connectivity index (χ2v) is 7.22. The molecule has 1 aromatic carbocycles. The van der Waals surface area contributed by atoms with Crippen LogP contribution in [0.1, 0.15) is 32.6 Å². The Hall–Kier alpha value is -2.53. The third-order valence-corrected chi connectivity index (χ3v) is 4.95. The zero-order valence-electron chi connectivity index (χ0n) is 14.2. The fourth-order valence-corrected chi connectivity index (χ4v) is 3.23. The molecule has 1 amide bonds. The van der Waals surface area contributed by atoms with E-state index in [2.05, 4.69) is 5.32 Å². The molecule has 0 saturated heterocycles. The number of carboxylic acid groups (broad SMARTS) is 1. The van der Waals surface area contributed by atoms with Gasteiger partial charge in [0.05, 0.1) is 9.82 Å². The molecule has 1 atom stereocenters. The number of carbonyl (C=O) groups is 2. The fourth-order valence-electron chi connectivity index (χ4n) is 2.00. The number of aliphatic carboxylic acids is 1. The van der Waals surface area contributed by atoms with E-state index in [1.165, 1.54) is 0 Å². The molecule has 144 valence electrons. The first-order valence-corrected chi connectivity index (χ1v) is 9.42. The van der Waals surface area contributed by atoms with Crippen LogP contribution in [0.5, 0.6) is 0 Å². The average molecular weight is 387 g/mol. The van der Waals surface area contributed by atoms with Crippen LogP contribution in [0.15, 0.2) is 29.2 Å². The van der Waals surface area contributed by atoms with Crippen LogP contribution in [-0.2, 0) is 19.6 Å². The number of amides is 1. The topological polar surface area (TPSA) is 156 Å². The molecule has 3 N–H and O–H groups in total. The fraction of sp³-hybridized carbons (Fsp3) is 0.467. The molecule has 0 aliphatic carbocycles. The summed E-state index contributed by atoms with van der Waals surface area (Å²) in [5.41, 5.74) is -0.289. The van der Waals surface area contributed by atoms with Gasteiger partial charge < -0.3 is 10.4 Å². The van der Waals surface area contributed by atoms with Crippen LogP contribution >= 0.6 is 0 Å². The quantitative estimate of drug-likeness (QED) is 0.291. The molecule has 0 saturated carbocycles. The van der Waals surface area contributed by atoms with Gasteiger partial charge in [0.25, 0.3) is 5.69 Å². The molecule has 0 fully saturated rings. The number of nitro groups is 1. The number of non-ortho nitro benzene ring substituents is 1. The summed E-state index contributed by atoms with van der Waals surface area (Å²) in [4.78, 5) is 32.5. The minimum atomic E-state index is -4.20. The SMILES string of the molecule is CCCCNC(=O)CC[C@@H](NS(=O)(=O)c1ccc([N+](=O)[O-])cc1)C(=O)O. The lowest BCUT2D eigenvalue weighted by molar-refractivity contribution is -0.384. The van der Waals surface area contributed by atoms with Crippen molar-refractivity contribution in [3.05, 3.63) is 34.4 Å². The van der Waals surface area contributed by atoms with E-state index in [0.29, 0.717) is 6.54 Å². The molecule has 10 nitrogen and oxygen atoms in total. The molecule has 0 bridgehead atoms. The molecule has 11 heteroatoms. The Bertz CT molecular complexity index is 747. The monoisotopic (exact) mass is 387 g/mol. The molecule has 0 aliphatic rings. The second-order valence-electron chi connectivity index (χ2n) is 5.51. The van der Waals surface area contributed by atoms with E-state index < -0.39 is 27.0 Å². The maximum Gasteiger partial charge on any atom is 0.321 e. The molecule has 0 aromatic heterocycles. The van der Waals surface area contributed by atoms with Crippen molar-refractivity contribution in [3.63, 3.8) is 0 Å². The highest BCUT2D eigenvalue weighted by Gasteiger charge is 2.26. The lowest BCUT2D eigenvalue weighted by atomic mass is 10.1. The third kappa shape index (κ3) is 6.76. The first kappa shape index (κ1) is 21.5. The van der Waals surface area contributed by atoms with Crippen molar-refractivity contribution in [2.75, 3.05) is 6.54 Å². The number of carbonyl (C=O) groups excluding carboxylic acids is 1. The van der Waals surface area contributed by atoms with E-state index in [1.54, 1.807) is 0 Å². The number of unbranched alkanes of at least 4 members (excludes halogenated alkanes) is 1. The van der Waals surface area contributed by atoms with Gasteiger partial charge in [-0.15, -0.1) is 0 Å². The Balaban J connectivity index is 2.74. The molecule has 0 radical (unpaired) electrons. The summed E-state index contributed by atoms with van der Waals surface area (Å²) in [5, 5.41) is 22.4. The molecule has 0 heterocycles. The predicted molar refractivity (Wildman–Crippen MR) is 92.0 cm³/mol. The largest absolute Gasteiger partial charge is 0.480 e. The summed E-state index contributed by atoms with van der Waals surface area (Å²) < 4.78 is 26.5. The highest BCUT2D eigenvalue weighted by Crippen LogP contribution is 2.16. The molecular weight excluding hydrogens is 366 g/mol. The Morgan fingerprint density at radius 3 is 2.38 bits per heavy atom. The average Bonchev–Trinajstić information content (AvgIpc) is 2.58. The Labute approximate surface area is 150 Å². The van der Waals surface area contributed by atoms with Gasteiger partial charge in [-0.25, -0.2) is 8.42 Å². The Kier molecular flexibility index (Phi) is 8.13. The minimum Gasteiger partial charge on any atom is -0.480 e. The number of nitrogens with one attached hydrogen (secondary N) is 2. The van der Waals surface area contributed by atoms with Crippen molar-refractivity contribution in [1.29, 1.82) is 0 Å². The summed E-state index contributed by atoms with van der Waals surface area (Å²) in [6, 6.07) is 2.54. The van der Waals surface area contributed by atoms with E-state index in [1.807, 2.05) is 11.6 Å². The number of hydrogen-bond donors (Lipinski definition) is 3. The lowest BCUT2D eigenvalue weighted by Gasteiger charge is -2.14. The molecule has 0 spiro atoms. The summed E-state index contributed by atoms with van der Waals surface area (Å²) >= 11 is 0. The Morgan fingerprint density at radius 2 is 1.88 bits per heavy atom. The van der Waals surface area contributed by atoms with E-state index in [-0.39, 0.29) is 29.3 Å². The number of sulfonamides is 1. The number of rotatable bonds is 11. The number of benzene rings is 1. The van der Waals surface area contributed by atoms with Crippen molar-refractivity contribution in [1.82, 2.24) is 10.0 Å².